The predicted octanol–water partition coefficient (Wildman–Crippen LogP) is 4.18. The summed E-state index contributed by atoms with van der Waals surface area (Å²) in [5.74, 6) is 0.712. The summed E-state index contributed by atoms with van der Waals surface area (Å²) in [5, 5.41) is 0. The van der Waals surface area contributed by atoms with E-state index in [0.29, 0.717) is 12.0 Å². The Morgan fingerprint density at radius 2 is 1.76 bits per heavy atom. The van der Waals surface area contributed by atoms with Crippen LogP contribution in [-0.2, 0) is 9.47 Å². The van der Waals surface area contributed by atoms with E-state index in [1.807, 2.05) is 0 Å². The SMILES string of the molecule is CCCCCCCCCC(C)COCC1CO1. The van der Waals surface area contributed by atoms with Crippen LogP contribution in [0.5, 0.6) is 0 Å². The molecule has 0 radical (unpaired) electrons. The molecule has 0 spiro atoms. The Bertz CT molecular complexity index is 166. The lowest BCUT2D eigenvalue weighted by atomic mass is 10.0. The molecule has 0 aromatic rings. The van der Waals surface area contributed by atoms with Crippen LogP contribution in [0, 0.1) is 5.92 Å². The van der Waals surface area contributed by atoms with Crippen molar-refractivity contribution in [3.8, 4) is 0 Å². The van der Waals surface area contributed by atoms with Crippen LogP contribution >= 0.6 is 0 Å². The van der Waals surface area contributed by atoms with Crippen LogP contribution in [0.1, 0.15) is 65.2 Å². The lowest BCUT2D eigenvalue weighted by Gasteiger charge is -2.11. The quantitative estimate of drug-likeness (QED) is 0.378. The molecule has 0 aromatic heterocycles. The Hall–Kier alpha value is -0.0800. The van der Waals surface area contributed by atoms with E-state index in [4.69, 9.17) is 9.47 Å². The molecule has 17 heavy (non-hydrogen) atoms. The van der Waals surface area contributed by atoms with Gasteiger partial charge in [0.2, 0.25) is 0 Å². The molecule has 2 nitrogen and oxygen atoms in total. The number of rotatable bonds is 12. The van der Waals surface area contributed by atoms with Gasteiger partial charge >= 0.3 is 0 Å². The number of hydrogen-bond donors (Lipinski definition) is 0. The summed E-state index contributed by atoms with van der Waals surface area (Å²) < 4.78 is 10.7. The van der Waals surface area contributed by atoms with Crippen molar-refractivity contribution in [2.75, 3.05) is 19.8 Å². The molecule has 1 aliphatic rings. The molecular formula is C15H30O2. The van der Waals surface area contributed by atoms with Gasteiger partial charge in [0.25, 0.3) is 0 Å². The lowest BCUT2D eigenvalue weighted by molar-refractivity contribution is 0.0875. The first-order valence-corrected chi connectivity index (χ1v) is 7.52. The van der Waals surface area contributed by atoms with Crippen LogP contribution in [0.25, 0.3) is 0 Å². The largest absolute Gasteiger partial charge is 0.378 e. The summed E-state index contributed by atoms with van der Waals surface area (Å²) in [6, 6.07) is 0. The fraction of sp³-hybridized carbons (Fsp3) is 1.00. The summed E-state index contributed by atoms with van der Waals surface area (Å²) >= 11 is 0. The van der Waals surface area contributed by atoms with E-state index in [1.54, 1.807) is 0 Å². The number of unbranched alkanes of at least 4 members (excludes halogenated alkanes) is 6. The minimum Gasteiger partial charge on any atom is -0.378 e. The van der Waals surface area contributed by atoms with Gasteiger partial charge in [-0.1, -0.05) is 58.8 Å². The predicted molar refractivity (Wildman–Crippen MR) is 72.3 cm³/mol. The molecule has 0 saturated carbocycles. The van der Waals surface area contributed by atoms with Crippen molar-refractivity contribution in [2.45, 2.75) is 71.3 Å². The molecule has 0 aliphatic carbocycles. The summed E-state index contributed by atoms with van der Waals surface area (Å²) in [5.41, 5.74) is 0. The van der Waals surface area contributed by atoms with Crippen molar-refractivity contribution in [3.63, 3.8) is 0 Å². The van der Waals surface area contributed by atoms with E-state index >= 15 is 0 Å². The Balaban J connectivity index is 1.74. The fourth-order valence-electron chi connectivity index (χ4n) is 2.10. The molecule has 2 atom stereocenters. The van der Waals surface area contributed by atoms with E-state index in [2.05, 4.69) is 13.8 Å². The zero-order chi connectivity index (χ0) is 12.3. The van der Waals surface area contributed by atoms with Gasteiger partial charge in [0.05, 0.1) is 13.2 Å². The molecule has 0 amide bonds. The van der Waals surface area contributed by atoms with Crippen LogP contribution < -0.4 is 0 Å². The molecule has 1 aliphatic heterocycles. The van der Waals surface area contributed by atoms with Gasteiger partial charge in [-0.15, -0.1) is 0 Å². The Morgan fingerprint density at radius 3 is 2.41 bits per heavy atom. The number of hydrogen-bond acceptors (Lipinski definition) is 2. The normalized spacial score (nSPS) is 20.5. The summed E-state index contributed by atoms with van der Waals surface area (Å²) in [6.07, 6.45) is 11.5. The zero-order valence-corrected chi connectivity index (χ0v) is 11.7. The summed E-state index contributed by atoms with van der Waals surface area (Å²) in [4.78, 5) is 0. The molecule has 1 rings (SSSR count). The van der Waals surface area contributed by atoms with Gasteiger partial charge in [-0.25, -0.2) is 0 Å². The fourth-order valence-corrected chi connectivity index (χ4v) is 2.10. The second-order valence-electron chi connectivity index (χ2n) is 5.51. The summed E-state index contributed by atoms with van der Waals surface area (Å²) in [7, 11) is 0. The topological polar surface area (TPSA) is 21.8 Å². The van der Waals surface area contributed by atoms with Crippen LogP contribution in [0.3, 0.4) is 0 Å². The van der Waals surface area contributed by atoms with Crippen molar-refractivity contribution >= 4 is 0 Å². The zero-order valence-electron chi connectivity index (χ0n) is 11.7. The highest BCUT2D eigenvalue weighted by Crippen LogP contribution is 2.14. The Labute approximate surface area is 107 Å². The third-order valence-electron chi connectivity index (χ3n) is 3.41. The van der Waals surface area contributed by atoms with Gasteiger partial charge in [-0.3, -0.25) is 0 Å². The standard InChI is InChI=1S/C15H30O2/c1-3-4-5-6-7-8-9-10-14(2)11-16-12-15-13-17-15/h14-15H,3-13H2,1-2H3. The van der Waals surface area contributed by atoms with Gasteiger partial charge in [0.15, 0.2) is 0 Å². The van der Waals surface area contributed by atoms with Gasteiger partial charge in [0, 0.05) is 6.61 Å². The third-order valence-corrected chi connectivity index (χ3v) is 3.41. The minimum absolute atomic E-state index is 0.417. The van der Waals surface area contributed by atoms with E-state index in [9.17, 15) is 0 Å². The van der Waals surface area contributed by atoms with Gasteiger partial charge < -0.3 is 9.47 Å². The van der Waals surface area contributed by atoms with Gasteiger partial charge in [-0.2, -0.15) is 0 Å². The molecule has 1 saturated heterocycles. The molecular weight excluding hydrogens is 212 g/mol. The molecule has 2 heteroatoms. The maximum Gasteiger partial charge on any atom is 0.104 e. The van der Waals surface area contributed by atoms with E-state index < -0.39 is 0 Å². The first kappa shape index (κ1) is 15.0. The van der Waals surface area contributed by atoms with Crippen molar-refractivity contribution < 1.29 is 9.47 Å². The smallest absolute Gasteiger partial charge is 0.104 e. The van der Waals surface area contributed by atoms with E-state index in [1.165, 1.54) is 51.4 Å². The van der Waals surface area contributed by atoms with Crippen LogP contribution in [-0.4, -0.2) is 25.9 Å². The van der Waals surface area contributed by atoms with Crippen molar-refractivity contribution in [3.05, 3.63) is 0 Å². The van der Waals surface area contributed by atoms with Crippen LogP contribution in [0.4, 0.5) is 0 Å². The molecule has 102 valence electrons. The third kappa shape index (κ3) is 9.61. The number of epoxide rings is 1. The maximum absolute atomic E-state index is 5.60. The van der Waals surface area contributed by atoms with E-state index in [0.717, 1.165) is 19.8 Å². The van der Waals surface area contributed by atoms with E-state index in [-0.39, 0.29) is 0 Å². The minimum atomic E-state index is 0.417. The van der Waals surface area contributed by atoms with Gasteiger partial charge in [-0.05, 0) is 12.3 Å². The average molecular weight is 242 g/mol. The van der Waals surface area contributed by atoms with Gasteiger partial charge in [0.1, 0.15) is 6.10 Å². The average Bonchev–Trinajstić information content (AvgIpc) is 3.12. The van der Waals surface area contributed by atoms with Crippen LogP contribution in [0.15, 0.2) is 0 Å². The molecule has 0 N–H and O–H groups in total. The molecule has 1 fully saturated rings. The highest BCUT2D eigenvalue weighted by molar-refractivity contribution is 4.67. The maximum atomic E-state index is 5.60. The molecule has 1 heterocycles. The van der Waals surface area contributed by atoms with Crippen molar-refractivity contribution in [2.24, 2.45) is 5.92 Å². The molecule has 0 aromatic carbocycles. The molecule has 0 bridgehead atoms. The lowest BCUT2D eigenvalue weighted by Crippen LogP contribution is -2.09. The highest BCUT2D eigenvalue weighted by Gasteiger charge is 2.22. The molecule has 2 unspecified atom stereocenters. The summed E-state index contributed by atoms with van der Waals surface area (Å²) in [6.45, 7) is 7.20. The highest BCUT2D eigenvalue weighted by atomic mass is 16.6. The van der Waals surface area contributed by atoms with Crippen LogP contribution in [0.2, 0.25) is 0 Å². The number of ether oxygens (including phenoxy) is 2. The van der Waals surface area contributed by atoms with Crippen molar-refractivity contribution in [1.82, 2.24) is 0 Å². The first-order chi connectivity index (χ1) is 8.33. The monoisotopic (exact) mass is 242 g/mol. The first-order valence-electron chi connectivity index (χ1n) is 7.52. The van der Waals surface area contributed by atoms with Crippen molar-refractivity contribution in [1.29, 1.82) is 0 Å². The second-order valence-corrected chi connectivity index (χ2v) is 5.51. The Morgan fingerprint density at radius 1 is 1.12 bits per heavy atom. The second kappa shape index (κ2) is 9.90. The Kier molecular flexibility index (Phi) is 8.72.